The monoisotopic (exact) mass is 187 g/mol. The summed E-state index contributed by atoms with van der Waals surface area (Å²) in [5, 5.41) is 7.33. The standard InChI is InChI=1S/C9H9N5/c1-8(9-2-4-10-5-3-9)13-14-6-11-12-7-14/h2-7,13H,1H2. The van der Waals surface area contributed by atoms with Crippen molar-refractivity contribution in [2.75, 3.05) is 5.43 Å². The molecule has 0 spiro atoms. The molecule has 0 saturated heterocycles. The van der Waals surface area contributed by atoms with Gasteiger partial charge in [-0.3, -0.25) is 10.4 Å². The first-order valence-electron chi connectivity index (χ1n) is 4.07. The summed E-state index contributed by atoms with van der Waals surface area (Å²) in [4.78, 5) is 3.92. The van der Waals surface area contributed by atoms with Crippen LogP contribution in [0.2, 0.25) is 0 Å². The van der Waals surface area contributed by atoms with Gasteiger partial charge in [0.2, 0.25) is 0 Å². The molecule has 0 unspecified atom stereocenters. The largest absolute Gasteiger partial charge is 0.292 e. The lowest BCUT2D eigenvalue weighted by Crippen LogP contribution is -2.10. The van der Waals surface area contributed by atoms with Crippen LogP contribution in [0.5, 0.6) is 0 Å². The first-order valence-corrected chi connectivity index (χ1v) is 4.07. The molecule has 0 aromatic carbocycles. The minimum atomic E-state index is 0.771. The van der Waals surface area contributed by atoms with Crippen LogP contribution < -0.4 is 5.43 Å². The molecule has 0 aliphatic heterocycles. The van der Waals surface area contributed by atoms with E-state index in [4.69, 9.17) is 0 Å². The van der Waals surface area contributed by atoms with Crippen LogP contribution in [0.4, 0.5) is 0 Å². The van der Waals surface area contributed by atoms with Crippen LogP contribution in [0.25, 0.3) is 5.70 Å². The lowest BCUT2D eigenvalue weighted by Gasteiger charge is -2.08. The van der Waals surface area contributed by atoms with Crippen LogP contribution in [-0.2, 0) is 0 Å². The Morgan fingerprint density at radius 3 is 2.50 bits per heavy atom. The first kappa shape index (κ1) is 8.43. The molecule has 0 amide bonds. The van der Waals surface area contributed by atoms with Crippen LogP contribution in [0.1, 0.15) is 5.56 Å². The highest BCUT2D eigenvalue weighted by molar-refractivity contribution is 5.66. The molecule has 0 bridgehead atoms. The third-order valence-electron chi connectivity index (χ3n) is 1.71. The second kappa shape index (κ2) is 3.69. The van der Waals surface area contributed by atoms with E-state index in [9.17, 15) is 0 Å². The van der Waals surface area contributed by atoms with Gasteiger partial charge in [-0.15, -0.1) is 10.2 Å². The van der Waals surface area contributed by atoms with Crippen molar-refractivity contribution in [2.45, 2.75) is 0 Å². The molecule has 0 atom stereocenters. The summed E-state index contributed by atoms with van der Waals surface area (Å²) in [6.07, 6.45) is 6.56. The quantitative estimate of drug-likeness (QED) is 0.775. The molecule has 2 aromatic heterocycles. The second-order valence-corrected chi connectivity index (χ2v) is 2.70. The van der Waals surface area contributed by atoms with Crippen LogP contribution in [0.3, 0.4) is 0 Å². The molecule has 0 radical (unpaired) electrons. The van der Waals surface area contributed by atoms with Crippen LogP contribution in [0, 0.1) is 0 Å². The van der Waals surface area contributed by atoms with E-state index in [2.05, 4.69) is 27.2 Å². The average molecular weight is 187 g/mol. The Morgan fingerprint density at radius 2 is 1.86 bits per heavy atom. The maximum absolute atomic E-state index is 3.92. The number of nitrogens with one attached hydrogen (secondary N) is 1. The van der Waals surface area contributed by atoms with Gasteiger partial charge >= 0.3 is 0 Å². The summed E-state index contributed by atoms with van der Waals surface area (Å²) in [6, 6.07) is 3.75. The number of pyridine rings is 1. The zero-order chi connectivity index (χ0) is 9.80. The van der Waals surface area contributed by atoms with Crippen molar-refractivity contribution in [1.29, 1.82) is 0 Å². The number of nitrogens with zero attached hydrogens (tertiary/aromatic N) is 4. The van der Waals surface area contributed by atoms with Crippen molar-refractivity contribution >= 4 is 5.70 Å². The lowest BCUT2D eigenvalue weighted by atomic mass is 10.2. The van der Waals surface area contributed by atoms with E-state index in [-0.39, 0.29) is 0 Å². The summed E-state index contributed by atoms with van der Waals surface area (Å²) in [5.41, 5.74) is 4.76. The van der Waals surface area contributed by atoms with Gasteiger partial charge in [0.05, 0.1) is 5.70 Å². The molecule has 5 heteroatoms. The van der Waals surface area contributed by atoms with Crippen LogP contribution in [0.15, 0.2) is 43.8 Å². The molecule has 0 fully saturated rings. The zero-order valence-electron chi connectivity index (χ0n) is 7.46. The normalized spacial score (nSPS) is 9.71. The zero-order valence-corrected chi connectivity index (χ0v) is 7.46. The third-order valence-corrected chi connectivity index (χ3v) is 1.71. The molecule has 2 heterocycles. The number of hydrogen-bond acceptors (Lipinski definition) is 4. The Balaban J connectivity index is 2.11. The third kappa shape index (κ3) is 1.77. The fourth-order valence-electron chi connectivity index (χ4n) is 1.03. The highest BCUT2D eigenvalue weighted by Gasteiger charge is 1.97. The van der Waals surface area contributed by atoms with E-state index < -0.39 is 0 Å². The Labute approximate surface area is 81.1 Å². The number of aromatic nitrogens is 4. The fourth-order valence-corrected chi connectivity index (χ4v) is 1.03. The van der Waals surface area contributed by atoms with Crippen molar-refractivity contribution in [2.24, 2.45) is 0 Å². The number of rotatable bonds is 3. The molecule has 0 aliphatic carbocycles. The SMILES string of the molecule is C=C(Nn1cnnc1)c1ccncc1. The van der Waals surface area contributed by atoms with E-state index >= 15 is 0 Å². The van der Waals surface area contributed by atoms with E-state index in [1.807, 2.05) is 12.1 Å². The van der Waals surface area contributed by atoms with E-state index in [0.29, 0.717) is 0 Å². The minimum absolute atomic E-state index is 0.771. The van der Waals surface area contributed by atoms with Crippen molar-refractivity contribution < 1.29 is 0 Å². The van der Waals surface area contributed by atoms with Crippen molar-refractivity contribution in [3.05, 3.63) is 49.3 Å². The van der Waals surface area contributed by atoms with Gasteiger partial charge in [0.25, 0.3) is 0 Å². The van der Waals surface area contributed by atoms with Crippen LogP contribution in [-0.4, -0.2) is 19.9 Å². The molecule has 70 valence electrons. The Kier molecular flexibility index (Phi) is 2.22. The maximum Gasteiger partial charge on any atom is 0.139 e. The summed E-state index contributed by atoms with van der Waals surface area (Å²) < 4.78 is 1.63. The van der Waals surface area contributed by atoms with E-state index in [1.54, 1.807) is 29.7 Å². The lowest BCUT2D eigenvalue weighted by molar-refractivity contribution is 0.957. The summed E-state index contributed by atoms with van der Waals surface area (Å²) >= 11 is 0. The van der Waals surface area contributed by atoms with E-state index in [0.717, 1.165) is 11.3 Å². The highest BCUT2D eigenvalue weighted by atomic mass is 15.5. The molecule has 0 aliphatic rings. The second-order valence-electron chi connectivity index (χ2n) is 2.70. The van der Waals surface area contributed by atoms with Crippen LogP contribution >= 0.6 is 0 Å². The predicted octanol–water partition coefficient (Wildman–Crippen LogP) is 0.887. The van der Waals surface area contributed by atoms with Gasteiger partial charge < -0.3 is 0 Å². The van der Waals surface area contributed by atoms with Gasteiger partial charge in [-0.05, 0) is 12.1 Å². The fraction of sp³-hybridized carbons (Fsp3) is 0. The molecular weight excluding hydrogens is 178 g/mol. The first-order chi connectivity index (χ1) is 6.86. The summed E-state index contributed by atoms with van der Waals surface area (Å²) in [5.74, 6) is 0. The summed E-state index contributed by atoms with van der Waals surface area (Å²) in [7, 11) is 0. The summed E-state index contributed by atoms with van der Waals surface area (Å²) in [6.45, 7) is 3.88. The minimum Gasteiger partial charge on any atom is -0.292 e. The topological polar surface area (TPSA) is 55.6 Å². The molecule has 5 nitrogen and oxygen atoms in total. The van der Waals surface area contributed by atoms with Gasteiger partial charge in [-0.1, -0.05) is 6.58 Å². The molecule has 0 saturated carbocycles. The predicted molar refractivity (Wildman–Crippen MR) is 52.7 cm³/mol. The maximum atomic E-state index is 3.92. The van der Waals surface area contributed by atoms with Gasteiger partial charge in [0, 0.05) is 18.0 Å². The molecule has 14 heavy (non-hydrogen) atoms. The molecule has 2 aromatic rings. The van der Waals surface area contributed by atoms with Crippen molar-refractivity contribution in [3.63, 3.8) is 0 Å². The van der Waals surface area contributed by atoms with Crippen molar-refractivity contribution in [3.8, 4) is 0 Å². The van der Waals surface area contributed by atoms with Gasteiger partial charge in [-0.2, -0.15) is 0 Å². The van der Waals surface area contributed by atoms with Gasteiger partial charge in [0.1, 0.15) is 12.7 Å². The van der Waals surface area contributed by atoms with Crippen molar-refractivity contribution in [1.82, 2.24) is 19.9 Å². The molecule has 2 rings (SSSR count). The van der Waals surface area contributed by atoms with Gasteiger partial charge in [0.15, 0.2) is 0 Å². The Hall–Kier alpha value is -2.17. The van der Waals surface area contributed by atoms with E-state index in [1.165, 1.54) is 0 Å². The smallest absolute Gasteiger partial charge is 0.139 e. The highest BCUT2D eigenvalue weighted by Crippen LogP contribution is 2.07. The van der Waals surface area contributed by atoms with Gasteiger partial charge in [-0.25, -0.2) is 4.68 Å². The molecular formula is C9H9N5. The average Bonchev–Trinajstić information content (AvgIpc) is 2.72. The number of hydrogen-bond donors (Lipinski definition) is 1. The Bertz CT molecular complexity index is 406. The Morgan fingerprint density at radius 1 is 1.21 bits per heavy atom. The molecule has 1 N–H and O–H groups in total.